The lowest BCUT2D eigenvalue weighted by molar-refractivity contribution is 0.433. The van der Waals surface area contributed by atoms with Crippen LogP contribution in [0.1, 0.15) is 11.1 Å². The molecule has 0 fully saturated rings. The standard InChI is InChI=1S/C13H12N4OS/c1-7-5-15-4-3-9(7)12-16-13(18-17-12)11-10(14)8(2)6-19-11/h3-6H,14H2,1-2H3. The second-order valence-corrected chi connectivity index (χ2v) is 5.15. The molecule has 19 heavy (non-hydrogen) atoms. The second kappa shape index (κ2) is 4.47. The van der Waals surface area contributed by atoms with E-state index in [-0.39, 0.29) is 0 Å². The Kier molecular flexibility index (Phi) is 2.79. The minimum Gasteiger partial charge on any atom is -0.397 e. The molecule has 0 unspecified atom stereocenters. The van der Waals surface area contributed by atoms with Gasteiger partial charge >= 0.3 is 0 Å². The van der Waals surface area contributed by atoms with Crippen molar-refractivity contribution in [1.29, 1.82) is 0 Å². The van der Waals surface area contributed by atoms with Gasteiger partial charge in [0, 0.05) is 18.0 Å². The number of rotatable bonds is 2. The number of nitrogen functional groups attached to an aromatic ring is 1. The van der Waals surface area contributed by atoms with Gasteiger partial charge in [0.25, 0.3) is 5.89 Å². The number of hydrogen-bond acceptors (Lipinski definition) is 6. The van der Waals surface area contributed by atoms with Gasteiger partial charge in [-0.15, -0.1) is 11.3 Å². The van der Waals surface area contributed by atoms with Crippen molar-refractivity contribution in [1.82, 2.24) is 15.1 Å². The molecule has 0 spiro atoms. The summed E-state index contributed by atoms with van der Waals surface area (Å²) in [6, 6.07) is 1.87. The zero-order chi connectivity index (χ0) is 13.4. The number of aryl methyl sites for hydroxylation is 2. The molecular weight excluding hydrogens is 260 g/mol. The van der Waals surface area contributed by atoms with Crippen molar-refractivity contribution in [2.45, 2.75) is 13.8 Å². The van der Waals surface area contributed by atoms with Gasteiger partial charge in [0.05, 0.1) is 5.69 Å². The summed E-state index contributed by atoms with van der Waals surface area (Å²) in [5.41, 5.74) is 9.63. The average molecular weight is 272 g/mol. The minimum atomic E-state index is 0.460. The van der Waals surface area contributed by atoms with Crippen molar-refractivity contribution in [3.05, 3.63) is 35.0 Å². The topological polar surface area (TPSA) is 77.8 Å². The van der Waals surface area contributed by atoms with E-state index in [0.717, 1.165) is 21.6 Å². The highest BCUT2D eigenvalue weighted by Crippen LogP contribution is 2.34. The molecule has 3 aromatic heterocycles. The van der Waals surface area contributed by atoms with Gasteiger partial charge in [-0.3, -0.25) is 4.98 Å². The number of anilines is 1. The first-order valence-electron chi connectivity index (χ1n) is 5.75. The van der Waals surface area contributed by atoms with Crippen LogP contribution >= 0.6 is 11.3 Å². The van der Waals surface area contributed by atoms with Gasteiger partial charge in [0.1, 0.15) is 4.88 Å². The SMILES string of the molecule is Cc1cnccc1-c1noc(-c2scc(C)c2N)n1. The van der Waals surface area contributed by atoms with Gasteiger partial charge in [-0.05, 0) is 36.4 Å². The third-order valence-corrected chi connectivity index (χ3v) is 4.01. The Morgan fingerprint density at radius 2 is 2.11 bits per heavy atom. The molecule has 2 N–H and O–H groups in total. The van der Waals surface area contributed by atoms with Gasteiger partial charge in [0.15, 0.2) is 0 Å². The van der Waals surface area contributed by atoms with E-state index in [9.17, 15) is 0 Å². The predicted octanol–water partition coefficient (Wildman–Crippen LogP) is 3.06. The number of pyridine rings is 1. The van der Waals surface area contributed by atoms with Crippen molar-refractivity contribution in [2.75, 3.05) is 5.73 Å². The third-order valence-electron chi connectivity index (χ3n) is 2.90. The van der Waals surface area contributed by atoms with Crippen molar-refractivity contribution in [2.24, 2.45) is 0 Å². The van der Waals surface area contributed by atoms with Gasteiger partial charge in [-0.1, -0.05) is 5.16 Å². The first-order valence-corrected chi connectivity index (χ1v) is 6.63. The minimum absolute atomic E-state index is 0.460. The van der Waals surface area contributed by atoms with Gasteiger partial charge in [-0.25, -0.2) is 0 Å². The largest absolute Gasteiger partial charge is 0.397 e. The van der Waals surface area contributed by atoms with E-state index in [1.54, 1.807) is 12.4 Å². The average Bonchev–Trinajstić information content (AvgIpc) is 2.99. The molecule has 6 heteroatoms. The van der Waals surface area contributed by atoms with Crippen LogP contribution < -0.4 is 5.73 Å². The molecule has 0 atom stereocenters. The van der Waals surface area contributed by atoms with Crippen molar-refractivity contribution < 1.29 is 4.52 Å². The fraction of sp³-hybridized carbons (Fsp3) is 0.154. The summed E-state index contributed by atoms with van der Waals surface area (Å²) in [5, 5.41) is 5.99. The summed E-state index contributed by atoms with van der Waals surface area (Å²) in [7, 11) is 0. The van der Waals surface area contributed by atoms with E-state index in [0.29, 0.717) is 17.4 Å². The van der Waals surface area contributed by atoms with Crippen LogP contribution in [0.2, 0.25) is 0 Å². The Morgan fingerprint density at radius 1 is 1.26 bits per heavy atom. The molecule has 3 rings (SSSR count). The summed E-state index contributed by atoms with van der Waals surface area (Å²) in [5.74, 6) is 1.02. The number of aromatic nitrogens is 3. The highest BCUT2D eigenvalue weighted by atomic mass is 32.1. The quantitative estimate of drug-likeness (QED) is 0.775. The zero-order valence-corrected chi connectivity index (χ0v) is 11.4. The van der Waals surface area contributed by atoms with E-state index in [1.165, 1.54) is 11.3 Å². The molecule has 96 valence electrons. The summed E-state index contributed by atoms with van der Waals surface area (Å²) in [6.07, 6.45) is 3.48. The highest BCUT2D eigenvalue weighted by Gasteiger charge is 2.16. The lowest BCUT2D eigenvalue weighted by atomic mass is 10.1. The normalized spacial score (nSPS) is 10.8. The molecule has 0 radical (unpaired) electrons. The maximum absolute atomic E-state index is 5.99. The summed E-state index contributed by atoms with van der Waals surface area (Å²) >= 11 is 1.51. The molecule has 0 bridgehead atoms. The van der Waals surface area contributed by atoms with Crippen LogP contribution in [0.15, 0.2) is 28.4 Å². The molecule has 0 saturated carbocycles. The smallest absolute Gasteiger partial charge is 0.270 e. The first-order chi connectivity index (χ1) is 9.16. The number of nitrogens with zero attached hydrogens (tertiary/aromatic N) is 3. The molecular formula is C13H12N4OS. The van der Waals surface area contributed by atoms with Gasteiger partial charge < -0.3 is 10.3 Å². The van der Waals surface area contributed by atoms with E-state index < -0.39 is 0 Å². The van der Waals surface area contributed by atoms with Crippen molar-refractivity contribution in [3.63, 3.8) is 0 Å². The fourth-order valence-corrected chi connectivity index (χ4v) is 2.66. The number of thiophene rings is 1. The predicted molar refractivity (Wildman–Crippen MR) is 74.7 cm³/mol. The van der Waals surface area contributed by atoms with E-state index in [2.05, 4.69) is 15.1 Å². The summed E-state index contributed by atoms with van der Waals surface area (Å²) in [4.78, 5) is 9.28. The molecule has 0 saturated heterocycles. The Hall–Kier alpha value is -2.21. The molecule has 5 nitrogen and oxygen atoms in total. The Labute approximate surface area is 114 Å². The van der Waals surface area contributed by atoms with E-state index in [1.807, 2.05) is 25.3 Å². The van der Waals surface area contributed by atoms with Crippen molar-refractivity contribution in [3.8, 4) is 22.2 Å². The maximum Gasteiger partial charge on any atom is 0.270 e. The first kappa shape index (κ1) is 11.9. The second-order valence-electron chi connectivity index (χ2n) is 4.28. The Balaban J connectivity index is 2.05. The zero-order valence-electron chi connectivity index (χ0n) is 10.5. The summed E-state index contributed by atoms with van der Waals surface area (Å²) in [6.45, 7) is 3.92. The Morgan fingerprint density at radius 3 is 2.79 bits per heavy atom. The van der Waals surface area contributed by atoms with Crippen LogP contribution in [-0.2, 0) is 0 Å². The molecule has 0 aliphatic heterocycles. The molecule has 3 heterocycles. The lowest BCUT2D eigenvalue weighted by Gasteiger charge is -1.97. The number of hydrogen-bond donors (Lipinski definition) is 1. The third kappa shape index (κ3) is 2.00. The van der Waals surface area contributed by atoms with E-state index >= 15 is 0 Å². The van der Waals surface area contributed by atoms with Crippen LogP contribution in [0.5, 0.6) is 0 Å². The van der Waals surface area contributed by atoms with Crippen LogP contribution in [0.25, 0.3) is 22.2 Å². The molecule has 3 aromatic rings. The Bertz CT molecular complexity index is 732. The molecule has 0 aromatic carbocycles. The highest BCUT2D eigenvalue weighted by molar-refractivity contribution is 7.14. The van der Waals surface area contributed by atoms with Crippen molar-refractivity contribution >= 4 is 17.0 Å². The number of nitrogens with two attached hydrogens (primary N) is 1. The molecule has 0 aliphatic carbocycles. The van der Waals surface area contributed by atoms with Gasteiger partial charge in [0.2, 0.25) is 5.82 Å². The molecule has 0 amide bonds. The fourth-order valence-electron chi connectivity index (χ4n) is 1.77. The monoisotopic (exact) mass is 272 g/mol. The van der Waals surface area contributed by atoms with Crippen LogP contribution in [-0.4, -0.2) is 15.1 Å². The van der Waals surface area contributed by atoms with Crippen LogP contribution in [0.4, 0.5) is 5.69 Å². The maximum atomic E-state index is 5.99. The lowest BCUT2D eigenvalue weighted by Crippen LogP contribution is -1.88. The van der Waals surface area contributed by atoms with E-state index in [4.69, 9.17) is 10.3 Å². The van der Waals surface area contributed by atoms with Gasteiger partial charge in [-0.2, -0.15) is 4.98 Å². The molecule has 0 aliphatic rings. The van der Waals surface area contributed by atoms with Crippen LogP contribution in [0.3, 0.4) is 0 Å². The summed E-state index contributed by atoms with van der Waals surface area (Å²) < 4.78 is 5.30. The van der Waals surface area contributed by atoms with Crippen LogP contribution in [0, 0.1) is 13.8 Å².